The average Bonchev–Trinajstić information content (AvgIpc) is 2.08. The van der Waals surface area contributed by atoms with Crippen molar-refractivity contribution in [2.75, 3.05) is 0 Å². The quantitative estimate of drug-likeness (QED) is 0.630. The summed E-state index contributed by atoms with van der Waals surface area (Å²) < 4.78 is 22.7. The van der Waals surface area contributed by atoms with Gasteiger partial charge in [0, 0.05) is 8.95 Å². The first-order valence-electron chi connectivity index (χ1n) is 3.57. The highest BCUT2D eigenvalue weighted by molar-refractivity contribution is 9.11. The molecule has 0 aromatic heterocycles. The third-order valence-electron chi connectivity index (χ3n) is 0.730. The molecule has 0 atom stereocenters. The molecule has 3 heteroatoms. The fraction of sp³-hybridized carbons (Fsp3) is 0. The first-order valence-corrected chi connectivity index (χ1v) is 4.03. The van der Waals surface area contributed by atoms with E-state index in [1.54, 1.807) is 0 Å². The minimum atomic E-state index is -0.141. The van der Waals surface area contributed by atoms with Crippen LogP contribution in [0.25, 0.3) is 0 Å². The lowest BCUT2D eigenvalue weighted by molar-refractivity contribution is 1.60. The molecule has 1 rings (SSSR count). The molecule has 0 aliphatic heterocycles. The van der Waals surface area contributed by atoms with Gasteiger partial charge in [0.2, 0.25) is 0 Å². The molecule has 1 aromatic rings. The van der Waals surface area contributed by atoms with Gasteiger partial charge >= 0.3 is 0 Å². The van der Waals surface area contributed by atoms with Gasteiger partial charge in [-0.3, -0.25) is 0 Å². The van der Waals surface area contributed by atoms with Crippen LogP contribution in [0.15, 0.2) is 27.1 Å². The largest absolute Gasteiger partial charge is 0.0819 e. The van der Waals surface area contributed by atoms with Crippen molar-refractivity contribution in [1.29, 1.82) is 0 Å². The summed E-state index contributed by atoms with van der Waals surface area (Å²) in [6, 6.07) is -0.264. The SMILES string of the molecule is [2H]c1c([2H])c(Br)c(Cl)c(Br)c1[2H]. The Morgan fingerprint density at radius 3 is 2.22 bits per heavy atom. The van der Waals surface area contributed by atoms with E-state index in [4.69, 9.17) is 15.7 Å². The Balaban J connectivity index is 3.60. The lowest BCUT2D eigenvalue weighted by Crippen LogP contribution is -1.68. The molecular formula is C6H3Br2Cl. The zero-order valence-electron chi connectivity index (χ0n) is 7.13. The molecule has 0 nitrogen and oxygen atoms in total. The van der Waals surface area contributed by atoms with E-state index < -0.39 is 0 Å². The molecule has 0 fully saturated rings. The normalized spacial score (nSPS) is 14.3. The van der Waals surface area contributed by atoms with E-state index in [1.165, 1.54) is 0 Å². The van der Waals surface area contributed by atoms with Gasteiger partial charge in [0.15, 0.2) is 0 Å². The Labute approximate surface area is 79.7 Å². The summed E-state index contributed by atoms with van der Waals surface area (Å²) in [5, 5.41) is 0.265. The van der Waals surface area contributed by atoms with Crippen molar-refractivity contribution in [2.45, 2.75) is 0 Å². The standard InChI is InChI=1S/C6H3Br2Cl/c7-4-2-1-3-5(8)6(4)9/h1-3H/i1D,2D,3D. The monoisotopic (exact) mass is 271 g/mol. The van der Waals surface area contributed by atoms with Crippen LogP contribution in [-0.4, -0.2) is 0 Å². The van der Waals surface area contributed by atoms with Gasteiger partial charge in [0.1, 0.15) is 0 Å². The molecule has 0 N–H and O–H groups in total. The van der Waals surface area contributed by atoms with Crippen molar-refractivity contribution in [3.8, 4) is 0 Å². The summed E-state index contributed by atoms with van der Waals surface area (Å²) in [6.07, 6.45) is 0. The van der Waals surface area contributed by atoms with Gasteiger partial charge in [-0.1, -0.05) is 17.6 Å². The molecule has 0 heterocycles. The highest BCUT2D eigenvalue weighted by atomic mass is 79.9. The van der Waals surface area contributed by atoms with Crippen LogP contribution in [0.1, 0.15) is 4.11 Å². The van der Waals surface area contributed by atoms with Gasteiger partial charge in [-0.2, -0.15) is 0 Å². The van der Waals surface area contributed by atoms with Gasteiger partial charge in [-0.15, -0.1) is 0 Å². The van der Waals surface area contributed by atoms with Gasteiger partial charge in [0.25, 0.3) is 0 Å². The molecule has 0 saturated heterocycles. The minimum absolute atomic E-state index is 0.0619. The predicted octanol–water partition coefficient (Wildman–Crippen LogP) is 3.87. The van der Waals surface area contributed by atoms with Crippen molar-refractivity contribution < 1.29 is 4.11 Å². The Morgan fingerprint density at radius 2 is 1.78 bits per heavy atom. The molecule has 0 radical (unpaired) electrons. The van der Waals surface area contributed by atoms with E-state index in [9.17, 15) is 0 Å². The van der Waals surface area contributed by atoms with E-state index in [2.05, 4.69) is 31.9 Å². The second kappa shape index (κ2) is 3.04. The zero-order valence-corrected chi connectivity index (χ0v) is 8.06. The molecule has 0 saturated carbocycles. The molecule has 0 amide bonds. The zero-order chi connectivity index (χ0) is 9.46. The summed E-state index contributed by atoms with van der Waals surface area (Å²) >= 11 is 11.9. The molecule has 0 unspecified atom stereocenters. The third kappa shape index (κ3) is 1.69. The van der Waals surface area contributed by atoms with Crippen LogP contribution in [0.2, 0.25) is 5.02 Å². The van der Waals surface area contributed by atoms with E-state index in [-0.39, 0.29) is 23.1 Å². The van der Waals surface area contributed by atoms with Crippen LogP contribution in [0, 0.1) is 0 Å². The Bertz CT molecular complexity index is 235. The third-order valence-corrected chi connectivity index (χ3v) is 2.75. The Kier molecular flexibility index (Phi) is 1.48. The topological polar surface area (TPSA) is 0 Å². The van der Waals surface area contributed by atoms with E-state index in [0.717, 1.165) is 0 Å². The highest BCUT2D eigenvalue weighted by Crippen LogP contribution is 2.29. The van der Waals surface area contributed by atoms with Gasteiger partial charge in [0.05, 0.1) is 9.13 Å². The summed E-state index contributed by atoms with van der Waals surface area (Å²) in [4.78, 5) is 0. The van der Waals surface area contributed by atoms with Crippen LogP contribution >= 0.6 is 43.5 Å². The van der Waals surface area contributed by atoms with Gasteiger partial charge < -0.3 is 0 Å². The van der Waals surface area contributed by atoms with Crippen molar-refractivity contribution >= 4 is 43.5 Å². The van der Waals surface area contributed by atoms with E-state index in [0.29, 0.717) is 8.95 Å². The van der Waals surface area contributed by atoms with Crippen LogP contribution in [0.5, 0.6) is 0 Å². The van der Waals surface area contributed by atoms with Crippen molar-refractivity contribution in [3.05, 3.63) is 32.1 Å². The summed E-state index contributed by atoms with van der Waals surface area (Å²) in [5.41, 5.74) is 0. The van der Waals surface area contributed by atoms with E-state index >= 15 is 0 Å². The van der Waals surface area contributed by atoms with Crippen LogP contribution in [-0.2, 0) is 0 Å². The van der Waals surface area contributed by atoms with Crippen molar-refractivity contribution in [1.82, 2.24) is 0 Å². The average molecular weight is 273 g/mol. The van der Waals surface area contributed by atoms with Crippen molar-refractivity contribution in [2.24, 2.45) is 0 Å². The molecule has 0 aliphatic carbocycles. The molecule has 0 aliphatic rings. The van der Waals surface area contributed by atoms with Gasteiger partial charge in [-0.05, 0) is 43.9 Å². The number of rotatable bonds is 0. The van der Waals surface area contributed by atoms with Crippen LogP contribution in [0.4, 0.5) is 0 Å². The van der Waals surface area contributed by atoms with Gasteiger partial charge in [-0.25, -0.2) is 0 Å². The smallest absolute Gasteiger partial charge is 0.0690 e. The molecule has 0 spiro atoms. The summed E-state index contributed by atoms with van der Waals surface area (Å²) in [7, 11) is 0. The minimum Gasteiger partial charge on any atom is -0.0819 e. The van der Waals surface area contributed by atoms with Crippen LogP contribution in [0.3, 0.4) is 0 Å². The van der Waals surface area contributed by atoms with E-state index in [1.807, 2.05) is 0 Å². The Morgan fingerprint density at radius 1 is 1.33 bits per heavy atom. The highest BCUT2D eigenvalue weighted by Gasteiger charge is 1.97. The first-order chi connectivity index (χ1) is 5.46. The lowest BCUT2D eigenvalue weighted by atomic mass is 10.4. The first kappa shape index (κ1) is 4.37. The maximum Gasteiger partial charge on any atom is 0.0690 e. The lowest BCUT2D eigenvalue weighted by Gasteiger charge is -1.95. The second-order valence-electron chi connectivity index (χ2n) is 1.32. The fourth-order valence-electron chi connectivity index (χ4n) is 0.347. The predicted molar refractivity (Wildman–Crippen MR) is 46.9 cm³/mol. The summed E-state index contributed by atoms with van der Waals surface area (Å²) in [5.74, 6) is 0. The van der Waals surface area contributed by atoms with Crippen molar-refractivity contribution in [3.63, 3.8) is 0 Å². The Hall–Kier alpha value is 0.470. The number of halogens is 3. The maximum absolute atomic E-state index is 7.36. The molecule has 1 aromatic carbocycles. The fourth-order valence-corrected chi connectivity index (χ4v) is 1.30. The number of hydrogen-bond donors (Lipinski definition) is 0. The second-order valence-corrected chi connectivity index (χ2v) is 3.28. The molecule has 9 heavy (non-hydrogen) atoms. The number of hydrogen-bond acceptors (Lipinski definition) is 0. The maximum atomic E-state index is 7.36. The van der Waals surface area contributed by atoms with Crippen LogP contribution < -0.4 is 0 Å². The molecule has 0 bridgehead atoms. The summed E-state index contributed by atoms with van der Waals surface area (Å²) in [6.45, 7) is 0. The number of benzene rings is 1. The molecular weight excluding hydrogens is 267 g/mol. The molecule has 48 valence electrons.